The Balaban J connectivity index is 2.14. The molecular weight excluding hydrogens is 252 g/mol. The first-order valence-corrected chi connectivity index (χ1v) is 7.21. The van der Waals surface area contributed by atoms with Crippen LogP contribution in [0.1, 0.15) is 38.3 Å². The molecule has 2 amide bonds. The second-order valence-corrected chi connectivity index (χ2v) is 5.55. The SMILES string of the molecule is CCC(=O)N1CCc2ccc(NC(=O)C(C)C)cc2C1. The Morgan fingerprint density at radius 1 is 1.30 bits per heavy atom. The Morgan fingerprint density at radius 3 is 2.70 bits per heavy atom. The van der Waals surface area contributed by atoms with Gasteiger partial charge in [0.15, 0.2) is 0 Å². The number of carbonyl (C=O) groups excluding carboxylic acids is 2. The minimum absolute atomic E-state index is 0.0160. The quantitative estimate of drug-likeness (QED) is 0.921. The van der Waals surface area contributed by atoms with Gasteiger partial charge in [-0.1, -0.05) is 26.8 Å². The van der Waals surface area contributed by atoms with Gasteiger partial charge in [-0.2, -0.15) is 0 Å². The summed E-state index contributed by atoms with van der Waals surface area (Å²) < 4.78 is 0. The van der Waals surface area contributed by atoms with Crippen molar-refractivity contribution in [3.63, 3.8) is 0 Å². The van der Waals surface area contributed by atoms with Gasteiger partial charge in [-0.25, -0.2) is 0 Å². The van der Waals surface area contributed by atoms with E-state index >= 15 is 0 Å². The number of anilines is 1. The first kappa shape index (κ1) is 14.6. The monoisotopic (exact) mass is 274 g/mol. The van der Waals surface area contributed by atoms with E-state index in [1.165, 1.54) is 5.56 Å². The number of hydrogen-bond donors (Lipinski definition) is 1. The van der Waals surface area contributed by atoms with E-state index in [9.17, 15) is 9.59 Å². The summed E-state index contributed by atoms with van der Waals surface area (Å²) in [5.41, 5.74) is 3.22. The van der Waals surface area contributed by atoms with Gasteiger partial charge in [0.1, 0.15) is 0 Å². The molecule has 1 aromatic rings. The minimum atomic E-state index is -0.0378. The maximum Gasteiger partial charge on any atom is 0.226 e. The Kier molecular flexibility index (Phi) is 4.42. The standard InChI is InChI=1S/C16H22N2O2/c1-4-15(19)18-8-7-12-5-6-14(9-13(12)10-18)17-16(20)11(2)3/h5-6,9,11H,4,7-8,10H2,1-3H3,(H,17,20). The third-order valence-corrected chi connectivity index (χ3v) is 3.67. The number of benzene rings is 1. The van der Waals surface area contributed by atoms with E-state index in [-0.39, 0.29) is 17.7 Å². The zero-order valence-corrected chi connectivity index (χ0v) is 12.4. The predicted octanol–water partition coefficient (Wildman–Crippen LogP) is 2.58. The molecule has 1 aromatic carbocycles. The molecule has 0 spiro atoms. The zero-order valence-electron chi connectivity index (χ0n) is 12.4. The molecular formula is C16H22N2O2. The summed E-state index contributed by atoms with van der Waals surface area (Å²) >= 11 is 0. The zero-order chi connectivity index (χ0) is 14.7. The molecule has 1 aliphatic rings. The lowest BCUT2D eigenvalue weighted by Gasteiger charge is -2.29. The fraction of sp³-hybridized carbons (Fsp3) is 0.500. The molecule has 4 heteroatoms. The summed E-state index contributed by atoms with van der Waals surface area (Å²) in [6.45, 7) is 7.06. The fourth-order valence-electron chi connectivity index (χ4n) is 2.36. The van der Waals surface area contributed by atoms with Gasteiger partial charge in [-0.15, -0.1) is 0 Å². The van der Waals surface area contributed by atoms with Gasteiger partial charge in [0.2, 0.25) is 11.8 Å². The molecule has 0 aliphatic carbocycles. The van der Waals surface area contributed by atoms with Gasteiger partial charge in [-0.05, 0) is 29.7 Å². The number of hydrogen-bond acceptors (Lipinski definition) is 2. The maximum atomic E-state index is 11.8. The van der Waals surface area contributed by atoms with Crippen LogP contribution in [0.4, 0.5) is 5.69 Å². The van der Waals surface area contributed by atoms with Crippen LogP contribution < -0.4 is 5.32 Å². The minimum Gasteiger partial charge on any atom is -0.338 e. The van der Waals surface area contributed by atoms with Crippen LogP contribution in [-0.4, -0.2) is 23.3 Å². The molecule has 0 saturated heterocycles. The van der Waals surface area contributed by atoms with E-state index in [2.05, 4.69) is 11.4 Å². The second-order valence-electron chi connectivity index (χ2n) is 5.55. The third kappa shape index (κ3) is 3.18. The van der Waals surface area contributed by atoms with Crippen LogP contribution in [0.25, 0.3) is 0 Å². The van der Waals surface area contributed by atoms with E-state index in [1.807, 2.05) is 37.8 Å². The van der Waals surface area contributed by atoms with Crippen molar-refractivity contribution in [2.24, 2.45) is 5.92 Å². The van der Waals surface area contributed by atoms with E-state index in [1.54, 1.807) is 0 Å². The highest BCUT2D eigenvalue weighted by molar-refractivity contribution is 5.92. The summed E-state index contributed by atoms with van der Waals surface area (Å²) in [5, 5.41) is 2.91. The van der Waals surface area contributed by atoms with E-state index in [0.29, 0.717) is 13.0 Å². The topological polar surface area (TPSA) is 49.4 Å². The molecule has 108 valence electrons. The van der Waals surface area contributed by atoms with E-state index < -0.39 is 0 Å². The predicted molar refractivity (Wildman–Crippen MR) is 79.3 cm³/mol. The van der Waals surface area contributed by atoms with Gasteiger partial charge in [-0.3, -0.25) is 9.59 Å². The summed E-state index contributed by atoms with van der Waals surface area (Å²) in [6, 6.07) is 5.99. The Morgan fingerprint density at radius 2 is 2.05 bits per heavy atom. The third-order valence-electron chi connectivity index (χ3n) is 3.67. The first-order chi connectivity index (χ1) is 9.51. The molecule has 1 N–H and O–H groups in total. The van der Waals surface area contributed by atoms with Crippen molar-refractivity contribution in [3.05, 3.63) is 29.3 Å². The number of nitrogens with one attached hydrogen (secondary N) is 1. The molecule has 4 nitrogen and oxygen atoms in total. The molecule has 0 radical (unpaired) electrons. The van der Waals surface area contributed by atoms with Gasteiger partial charge in [0.25, 0.3) is 0 Å². The largest absolute Gasteiger partial charge is 0.338 e. The van der Waals surface area contributed by atoms with Crippen molar-refractivity contribution in [1.82, 2.24) is 4.90 Å². The molecule has 0 unspecified atom stereocenters. The maximum absolute atomic E-state index is 11.8. The molecule has 20 heavy (non-hydrogen) atoms. The first-order valence-electron chi connectivity index (χ1n) is 7.21. The number of rotatable bonds is 3. The van der Waals surface area contributed by atoms with Crippen LogP contribution in [0.15, 0.2) is 18.2 Å². The fourth-order valence-corrected chi connectivity index (χ4v) is 2.36. The highest BCUT2D eigenvalue weighted by Crippen LogP contribution is 2.23. The smallest absolute Gasteiger partial charge is 0.226 e. The number of amides is 2. The molecule has 0 atom stereocenters. The van der Waals surface area contributed by atoms with Crippen LogP contribution in [-0.2, 0) is 22.6 Å². The van der Waals surface area contributed by atoms with Crippen LogP contribution >= 0.6 is 0 Å². The van der Waals surface area contributed by atoms with Crippen LogP contribution in [0.2, 0.25) is 0 Å². The van der Waals surface area contributed by atoms with Crippen molar-refractivity contribution in [2.75, 3.05) is 11.9 Å². The molecule has 2 rings (SSSR count). The van der Waals surface area contributed by atoms with Crippen LogP contribution in [0.5, 0.6) is 0 Å². The number of carbonyl (C=O) groups is 2. The lowest BCUT2D eigenvalue weighted by atomic mass is 9.98. The number of fused-ring (bicyclic) bond motifs is 1. The van der Waals surface area contributed by atoms with Gasteiger partial charge >= 0.3 is 0 Å². The summed E-state index contributed by atoms with van der Waals surface area (Å²) in [7, 11) is 0. The molecule has 1 aliphatic heterocycles. The molecule has 0 aromatic heterocycles. The Bertz CT molecular complexity index is 523. The lowest BCUT2D eigenvalue weighted by Crippen LogP contribution is -2.35. The molecule has 0 bridgehead atoms. The summed E-state index contributed by atoms with van der Waals surface area (Å²) in [4.78, 5) is 25.4. The number of nitrogens with zero attached hydrogens (tertiary/aromatic N) is 1. The van der Waals surface area contributed by atoms with E-state index in [4.69, 9.17) is 0 Å². The molecule has 0 saturated carbocycles. The normalized spacial score (nSPS) is 14.1. The van der Waals surface area contributed by atoms with Crippen molar-refractivity contribution < 1.29 is 9.59 Å². The molecule has 0 fully saturated rings. The Labute approximate surface area is 120 Å². The average Bonchev–Trinajstić information content (AvgIpc) is 2.45. The second kappa shape index (κ2) is 6.07. The van der Waals surface area contributed by atoms with Gasteiger partial charge < -0.3 is 10.2 Å². The van der Waals surface area contributed by atoms with E-state index in [0.717, 1.165) is 24.2 Å². The Hall–Kier alpha value is -1.84. The average molecular weight is 274 g/mol. The summed E-state index contributed by atoms with van der Waals surface area (Å²) in [5.74, 6) is 0.165. The van der Waals surface area contributed by atoms with Crippen molar-refractivity contribution in [1.29, 1.82) is 0 Å². The molecule has 1 heterocycles. The van der Waals surface area contributed by atoms with Crippen molar-refractivity contribution >= 4 is 17.5 Å². The van der Waals surface area contributed by atoms with Gasteiger partial charge in [0.05, 0.1) is 0 Å². The van der Waals surface area contributed by atoms with Crippen LogP contribution in [0, 0.1) is 5.92 Å². The van der Waals surface area contributed by atoms with Crippen molar-refractivity contribution in [3.8, 4) is 0 Å². The highest BCUT2D eigenvalue weighted by Gasteiger charge is 2.20. The van der Waals surface area contributed by atoms with Gasteiger partial charge in [0, 0.05) is 31.1 Å². The lowest BCUT2D eigenvalue weighted by molar-refractivity contribution is -0.131. The van der Waals surface area contributed by atoms with Crippen molar-refractivity contribution in [2.45, 2.75) is 40.2 Å². The van der Waals surface area contributed by atoms with Crippen LogP contribution in [0.3, 0.4) is 0 Å². The highest BCUT2D eigenvalue weighted by atomic mass is 16.2. The summed E-state index contributed by atoms with van der Waals surface area (Å²) in [6.07, 6.45) is 1.43.